The van der Waals surface area contributed by atoms with Crippen LogP contribution in [0.2, 0.25) is 0 Å². The maximum atomic E-state index is 6.15. The molecular formula is C22H26N4OS. The number of aromatic nitrogens is 1. The van der Waals surface area contributed by atoms with Crippen molar-refractivity contribution in [2.75, 3.05) is 6.61 Å². The van der Waals surface area contributed by atoms with Crippen molar-refractivity contribution in [1.82, 2.24) is 9.99 Å². The summed E-state index contributed by atoms with van der Waals surface area (Å²) in [4.78, 5) is 0. The SMILES string of the molecule is Cc1ccc(C(C)C)c(OCCn2cc(C=NNC(N)=S)c3ccccc32)c1. The molecule has 0 saturated heterocycles. The molecule has 0 aliphatic rings. The lowest BCUT2D eigenvalue weighted by Gasteiger charge is -2.15. The van der Waals surface area contributed by atoms with Crippen LogP contribution < -0.4 is 15.9 Å². The highest BCUT2D eigenvalue weighted by Crippen LogP contribution is 2.27. The standard InChI is InChI=1S/C22H26N4OS/c1-15(2)18-9-8-16(3)12-21(18)27-11-10-26-14-17(13-24-25-22(23)28)19-6-4-5-7-20(19)26/h4-9,12-15H,10-11H2,1-3H3,(H3,23,25,28). The number of hydrazone groups is 1. The molecule has 0 aliphatic carbocycles. The first kappa shape index (κ1) is 19.9. The molecule has 0 amide bonds. The summed E-state index contributed by atoms with van der Waals surface area (Å²) in [5.41, 5.74) is 12.6. The number of fused-ring (bicyclic) bond motifs is 1. The van der Waals surface area contributed by atoms with E-state index in [1.807, 2.05) is 12.1 Å². The number of nitrogens with one attached hydrogen (secondary N) is 1. The molecule has 1 heterocycles. The zero-order valence-corrected chi connectivity index (χ0v) is 17.3. The summed E-state index contributed by atoms with van der Waals surface area (Å²) >= 11 is 4.78. The van der Waals surface area contributed by atoms with Gasteiger partial charge in [-0.2, -0.15) is 5.10 Å². The molecule has 0 radical (unpaired) electrons. The van der Waals surface area contributed by atoms with Crippen LogP contribution in [0.3, 0.4) is 0 Å². The smallest absolute Gasteiger partial charge is 0.184 e. The average molecular weight is 395 g/mol. The van der Waals surface area contributed by atoms with Gasteiger partial charge < -0.3 is 15.0 Å². The van der Waals surface area contributed by atoms with Gasteiger partial charge in [0.1, 0.15) is 12.4 Å². The van der Waals surface area contributed by atoms with E-state index in [0.717, 1.165) is 28.8 Å². The number of ether oxygens (including phenoxy) is 1. The first-order valence-electron chi connectivity index (χ1n) is 9.35. The van der Waals surface area contributed by atoms with Gasteiger partial charge in [0, 0.05) is 22.7 Å². The lowest BCUT2D eigenvalue weighted by atomic mass is 10.0. The molecular weight excluding hydrogens is 368 g/mol. The Morgan fingerprint density at radius 3 is 2.82 bits per heavy atom. The van der Waals surface area contributed by atoms with Crippen LogP contribution >= 0.6 is 12.2 Å². The van der Waals surface area contributed by atoms with E-state index in [1.54, 1.807) is 6.21 Å². The minimum Gasteiger partial charge on any atom is -0.491 e. The Kier molecular flexibility index (Phi) is 6.31. The van der Waals surface area contributed by atoms with Gasteiger partial charge >= 0.3 is 0 Å². The molecule has 2 aromatic carbocycles. The topological polar surface area (TPSA) is 64.6 Å². The Balaban J connectivity index is 1.77. The highest BCUT2D eigenvalue weighted by atomic mass is 32.1. The highest BCUT2D eigenvalue weighted by molar-refractivity contribution is 7.80. The third-order valence-corrected chi connectivity index (χ3v) is 4.67. The quantitative estimate of drug-likeness (QED) is 0.356. The maximum Gasteiger partial charge on any atom is 0.184 e. The van der Waals surface area contributed by atoms with Crippen molar-refractivity contribution in [2.45, 2.75) is 33.2 Å². The van der Waals surface area contributed by atoms with Gasteiger partial charge in [-0.05, 0) is 48.3 Å². The molecule has 0 atom stereocenters. The van der Waals surface area contributed by atoms with Crippen molar-refractivity contribution in [1.29, 1.82) is 0 Å². The number of aryl methyl sites for hydroxylation is 1. The van der Waals surface area contributed by atoms with Crippen LogP contribution in [-0.4, -0.2) is 22.5 Å². The second-order valence-corrected chi connectivity index (χ2v) is 7.51. The summed E-state index contributed by atoms with van der Waals surface area (Å²) in [6, 6.07) is 14.6. The van der Waals surface area contributed by atoms with Gasteiger partial charge in [-0.15, -0.1) is 0 Å². The van der Waals surface area contributed by atoms with Crippen LogP contribution in [0.4, 0.5) is 0 Å². The molecule has 0 unspecified atom stereocenters. The number of nitrogens with zero attached hydrogens (tertiary/aromatic N) is 2. The number of rotatable bonds is 7. The molecule has 5 nitrogen and oxygen atoms in total. The summed E-state index contributed by atoms with van der Waals surface area (Å²) in [7, 11) is 0. The van der Waals surface area contributed by atoms with Crippen LogP contribution in [0.15, 0.2) is 53.8 Å². The molecule has 6 heteroatoms. The lowest BCUT2D eigenvalue weighted by Crippen LogP contribution is -2.23. The third-order valence-electron chi connectivity index (χ3n) is 4.58. The van der Waals surface area contributed by atoms with E-state index >= 15 is 0 Å². The molecule has 0 fully saturated rings. The molecule has 0 saturated carbocycles. The summed E-state index contributed by atoms with van der Waals surface area (Å²) in [6.45, 7) is 7.78. The highest BCUT2D eigenvalue weighted by Gasteiger charge is 2.10. The molecule has 1 aromatic heterocycles. The van der Waals surface area contributed by atoms with E-state index in [9.17, 15) is 0 Å². The van der Waals surface area contributed by atoms with Crippen molar-refractivity contribution in [3.05, 3.63) is 65.4 Å². The Labute approximate surface area is 171 Å². The van der Waals surface area contributed by atoms with Gasteiger partial charge in [-0.1, -0.05) is 44.2 Å². The monoisotopic (exact) mass is 394 g/mol. The lowest BCUT2D eigenvalue weighted by molar-refractivity contribution is 0.296. The van der Waals surface area contributed by atoms with Crippen LogP contribution in [0.25, 0.3) is 10.9 Å². The number of nitrogens with two attached hydrogens (primary N) is 1. The van der Waals surface area contributed by atoms with E-state index in [1.165, 1.54) is 11.1 Å². The fourth-order valence-electron chi connectivity index (χ4n) is 3.23. The van der Waals surface area contributed by atoms with Crippen LogP contribution in [0.5, 0.6) is 5.75 Å². The minimum atomic E-state index is 0.146. The molecule has 0 spiro atoms. The Bertz CT molecular complexity index is 1010. The Morgan fingerprint density at radius 1 is 1.29 bits per heavy atom. The van der Waals surface area contributed by atoms with E-state index in [0.29, 0.717) is 12.5 Å². The van der Waals surface area contributed by atoms with Gasteiger partial charge in [0.25, 0.3) is 0 Å². The van der Waals surface area contributed by atoms with Crippen LogP contribution in [0.1, 0.15) is 36.5 Å². The number of hydrogen-bond acceptors (Lipinski definition) is 3. The normalized spacial score (nSPS) is 11.4. The first-order valence-corrected chi connectivity index (χ1v) is 9.76. The van der Waals surface area contributed by atoms with E-state index in [2.05, 4.69) is 72.4 Å². The van der Waals surface area contributed by atoms with Gasteiger partial charge in [0.2, 0.25) is 0 Å². The van der Waals surface area contributed by atoms with Gasteiger partial charge in [-0.25, -0.2) is 0 Å². The van der Waals surface area contributed by atoms with E-state index in [4.69, 9.17) is 22.7 Å². The Morgan fingerprint density at radius 2 is 2.07 bits per heavy atom. The van der Waals surface area contributed by atoms with Gasteiger partial charge in [0.15, 0.2) is 5.11 Å². The maximum absolute atomic E-state index is 6.15. The predicted molar refractivity (Wildman–Crippen MR) is 120 cm³/mol. The summed E-state index contributed by atoms with van der Waals surface area (Å²) < 4.78 is 8.34. The van der Waals surface area contributed by atoms with Crippen LogP contribution in [0, 0.1) is 6.92 Å². The van der Waals surface area contributed by atoms with Crippen molar-refractivity contribution in [3.8, 4) is 5.75 Å². The van der Waals surface area contributed by atoms with Crippen LogP contribution in [-0.2, 0) is 6.54 Å². The van der Waals surface area contributed by atoms with Crippen molar-refractivity contribution in [2.24, 2.45) is 10.8 Å². The second-order valence-electron chi connectivity index (χ2n) is 7.07. The summed E-state index contributed by atoms with van der Waals surface area (Å²) in [5, 5.41) is 5.35. The van der Waals surface area contributed by atoms with Crippen molar-refractivity contribution >= 4 is 34.4 Å². The molecule has 0 aliphatic heterocycles. The Hall–Kier alpha value is -2.86. The van der Waals surface area contributed by atoms with Gasteiger partial charge in [0.05, 0.1) is 12.8 Å². The average Bonchev–Trinajstić information content (AvgIpc) is 2.99. The molecule has 0 bridgehead atoms. The zero-order valence-electron chi connectivity index (χ0n) is 16.5. The fraction of sp³-hybridized carbons (Fsp3) is 0.273. The van der Waals surface area contributed by atoms with Gasteiger partial charge in [-0.3, -0.25) is 5.43 Å². The second kappa shape index (κ2) is 8.89. The predicted octanol–water partition coefficient (Wildman–Crippen LogP) is 4.32. The zero-order chi connectivity index (χ0) is 20.1. The number of thiocarbonyl (C=S) groups is 1. The molecule has 3 N–H and O–H groups in total. The number of hydrogen-bond donors (Lipinski definition) is 2. The number of benzene rings is 2. The molecule has 146 valence electrons. The molecule has 3 rings (SSSR count). The third kappa shape index (κ3) is 4.70. The summed E-state index contributed by atoms with van der Waals surface area (Å²) in [5.74, 6) is 1.39. The summed E-state index contributed by atoms with van der Waals surface area (Å²) in [6.07, 6.45) is 3.80. The van der Waals surface area contributed by atoms with Crippen molar-refractivity contribution < 1.29 is 4.74 Å². The molecule has 3 aromatic rings. The fourth-order valence-corrected chi connectivity index (χ4v) is 3.28. The largest absolute Gasteiger partial charge is 0.491 e. The molecule has 28 heavy (non-hydrogen) atoms. The van der Waals surface area contributed by atoms with Crippen molar-refractivity contribution in [3.63, 3.8) is 0 Å². The van der Waals surface area contributed by atoms with E-state index in [-0.39, 0.29) is 5.11 Å². The first-order chi connectivity index (χ1) is 13.5. The van der Waals surface area contributed by atoms with E-state index < -0.39 is 0 Å². The number of para-hydroxylation sites is 1. The minimum absolute atomic E-state index is 0.146.